The number of carbonyl (C=O) groups excluding carboxylic acids is 1. The summed E-state index contributed by atoms with van der Waals surface area (Å²) in [5.41, 5.74) is 6.75. The molecule has 0 saturated heterocycles. The Balaban J connectivity index is 2.39. The Bertz CT molecular complexity index is 497. The van der Waals surface area contributed by atoms with Crippen molar-refractivity contribution in [3.8, 4) is 0 Å². The highest BCUT2D eigenvalue weighted by molar-refractivity contribution is 5.91. The van der Waals surface area contributed by atoms with Crippen LogP contribution in [0.5, 0.6) is 0 Å². The van der Waals surface area contributed by atoms with Crippen molar-refractivity contribution in [1.82, 2.24) is 0 Å². The van der Waals surface area contributed by atoms with E-state index in [9.17, 15) is 4.79 Å². The quantitative estimate of drug-likeness (QED) is 0.730. The Morgan fingerprint density at radius 1 is 1.36 bits per heavy atom. The minimum absolute atomic E-state index is 0.447. The van der Waals surface area contributed by atoms with E-state index in [-0.39, 0.29) is 0 Å². The second-order valence-electron chi connectivity index (χ2n) is 2.95. The molecule has 0 unspecified atom stereocenters. The van der Waals surface area contributed by atoms with Crippen LogP contribution < -0.4 is 5.73 Å². The molecule has 0 aliphatic carbocycles. The average Bonchev–Trinajstić information content (AvgIpc) is 2.61. The molecule has 0 bridgehead atoms. The van der Waals surface area contributed by atoms with Crippen LogP contribution in [0.2, 0.25) is 0 Å². The molecule has 1 amide bonds. The van der Waals surface area contributed by atoms with Crippen LogP contribution in [0, 0.1) is 0 Å². The van der Waals surface area contributed by atoms with Crippen LogP contribution in [0.25, 0.3) is 17.0 Å². The summed E-state index contributed by atoms with van der Waals surface area (Å²) in [6, 6.07) is 7.52. The summed E-state index contributed by atoms with van der Waals surface area (Å²) in [5.74, 6) is -0.447. The van der Waals surface area contributed by atoms with E-state index < -0.39 is 5.91 Å². The van der Waals surface area contributed by atoms with E-state index in [2.05, 4.69) is 0 Å². The van der Waals surface area contributed by atoms with Crippen molar-refractivity contribution in [3.63, 3.8) is 0 Å². The van der Waals surface area contributed by atoms with Gasteiger partial charge in [-0.05, 0) is 29.8 Å². The Morgan fingerprint density at radius 2 is 2.21 bits per heavy atom. The fourth-order valence-corrected chi connectivity index (χ4v) is 1.27. The zero-order chi connectivity index (χ0) is 9.97. The molecule has 3 nitrogen and oxygen atoms in total. The van der Waals surface area contributed by atoms with Gasteiger partial charge in [0, 0.05) is 11.5 Å². The molecule has 2 aromatic rings. The predicted molar refractivity (Wildman–Crippen MR) is 54.4 cm³/mol. The van der Waals surface area contributed by atoms with Gasteiger partial charge in [0.25, 0.3) is 0 Å². The molecular formula is C11H9NO2. The van der Waals surface area contributed by atoms with Gasteiger partial charge < -0.3 is 10.2 Å². The molecule has 1 aromatic carbocycles. The number of fused-ring (bicyclic) bond motifs is 1. The van der Waals surface area contributed by atoms with Gasteiger partial charge in [-0.15, -0.1) is 0 Å². The first-order valence-corrected chi connectivity index (χ1v) is 4.20. The SMILES string of the molecule is NC(=O)C=Cc1ccc2occc2c1. The van der Waals surface area contributed by atoms with Gasteiger partial charge in [-0.1, -0.05) is 6.07 Å². The Labute approximate surface area is 80.8 Å². The average molecular weight is 187 g/mol. The lowest BCUT2D eigenvalue weighted by molar-refractivity contribution is -0.113. The minimum atomic E-state index is -0.447. The van der Waals surface area contributed by atoms with E-state index in [1.54, 1.807) is 12.3 Å². The number of amides is 1. The second-order valence-corrected chi connectivity index (χ2v) is 2.95. The molecule has 1 heterocycles. The topological polar surface area (TPSA) is 56.2 Å². The zero-order valence-corrected chi connectivity index (χ0v) is 7.44. The number of benzene rings is 1. The van der Waals surface area contributed by atoms with E-state index in [1.165, 1.54) is 6.08 Å². The van der Waals surface area contributed by atoms with Gasteiger partial charge in [0.05, 0.1) is 6.26 Å². The normalized spacial score (nSPS) is 11.1. The molecule has 3 heteroatoms. The molecule has 0 spiro atoms. The van der Waals surface area contributed by atoms with Crippen LogP contribution in [-0.4, -0.2) is 5.91 Å². The van der Waals surface area contributed by atoms with Crippen LogP contribution in [0.4, 0.5) is 0 Å². The first-order chi connectivity index (χ1) is 6.75. The summed E-state index contributed by atoms with van der Waals surface area (Å²) >= 11 is 0. The van der Waals surface area contributed by atoms with Crippen molar-refractivity contribution < 1.29 is 9.21 Å². The van der Waals surface area contributed by atoms with Gasteiger partial charge in [-0.3, -0.25) is 4.79 Å². The van der Waals surface area contributed by atoms with Gasteiger partial charge in [-0.2, -0.15) is 0 Å². The molecule has 0 aliphatic rings. The van der Waals surface area contributed by atoms with E-state index in [0.717, 1.165) is 16.5 Å². The van der Waals surface area contributed by atoms with Gasteiger partial charge in [-0.25, -0.2) is 0 Å². The van der Waals surface area contributed by atoms with Crippen LogP contribution in [0.3, 0.4) is 0 Å². The predicted octanol–water partition coefficient (Wildman–Crippen LogP) is 1.93. The maximum atomic E-state index is 10.5. The number of rotatable bonds is 2. The Hall–Kier alpha value is -2.03. The minimum Gasteiger partial charge on any atom is -0.464 e. The summed E-state index contributed by atoms with van der Waals surface area (Å²) in [6.45, 7) is 0. The third kappa shape index (κ3) is 1.66. The first kappa shape index (κ1) is 8.56. The summed E-state index contributed by atoms with van der Waals surface area (Å²) in [7, 11) is 0. The van der Waals surface area contributed by atoms with Crippen molar-refractivity contribution in [2.24, 2.45) is 5.73 Å². The van der Waals surface area contributed by atoms with Gasteiger partial charge in [0.2, 0.25) is 5.91 Å². The van der Waals surface area contributed by atoms with Crippen molar-refractivity contribution in [2.75, 3.05) is 0 Å². The lowest BCUT2D eigenvalue weighted by Crippen LogP contribution is -2.04. The molecule has 2 N–H and O–H groups in total. The molecule has 0 saturated carbocycles. The lowest BCUT2D eigenvalue weighted by atomic mass is 10.1. The molecule has 70 valence electrons. The van der Waals surface area contributed by atoms with E-state index in [0.29, 0.717) is 0 Å². The molecule has 0 fully saturated rings. The lowest BCUT2D eigenvalue weighted by Gasteiger charge is -1.92. The number of hydrogen-bond donors (Lipinski definition) is 1. The van der Waals surface area contributed by atoms with Crippen molar-refractivity contribution in [1.29, 1.82) is 0 Å². The monoisotopic (exact) mass is 187 g/mol. The largest absolute Gasteiger partial charge is 0.464 e. The van der Waals surface area contributed by atoms with E-state index in [1.807, 2.05) is 24.3 Å². The molecular weight excluding hydrogens is 178 g/mol. The summed E-state index contributed by atoms with van der Waals surface area (Å²) < 4.78 is 5.18. The number of furan rings is 1. The molecule has 14 heavy (non-hydrogen) atoms. The van der Waals surface area contributed by atoms with Crippen LogP contribution in [-0.2, 0) is 4.79 Å². The summed E-state index contributed by atoms with van der Waals surface area (Å²) in [5, 5.41) is 1.01. The zero-order valence-electron chi connectivity index (χ0n) is 7.44. The highest BCUT2D eigenvalue weighted by Crippen LogP contribution is 2.17. The fraction of sp³-hybridized carbons (Fsp3) is 0. The maximum absolute atomic E-state index is 10.5. The van der Waals surface area contributed by atoms with Crippen LogP contribution in [0.1, 0.15) is 5.56 Å². The summed E-state index contributed by atoms with van der Waals surface area (Å²) in [4.78, 5) is 10.5. The third-order valence-corrected chi connectivity index (χ3v) is 1.92. The fourth-order valence-electron chi connectivity index (χ4n) is 1.27. The maximum Gasteiger partial charge on any atom is 0.241 e. The second kappa shape index (κ2) is 3.38. The standard InChI is InChI=1S/C11H9NO2/c12-11(13)4-2-8-1-3-10-9(7-8)5-6-14-10/h1-7H,(H2,12,13). The first-order valence-electron chi connectivity index (χ1n) is 4.20. The van der Waals surface area contributed by atoms with Crippen LogP contribution >= 0.6 is 0 Å². The number of nitrogens with two attached hydrogens (primary N) is 1. The molecule has 2 rings (SSSR count). The molecule has 1 aromatic heterocycles. The van der Waals surface area contributed by atoms with Crippen LogP contribution in [0.15, 0.2) is 41.0 Å². The Morgan fingerprint density at radius 3 is 3.00 bits per heavy atom. The third-order valence-electron chi connectivity index (χ3n) is 1.92. The van der Waals surface area contributed by atoms with Crippen molar-refractivity contribution in [3.05, 3.63) is 42.2 Å². The van der Waals surface area contributed by atoms with Crippen molar-refractivity contribution >= 4 is 23.0 Å². The van der Waals surface area contributed by atoms with Gasteiger partial charge >= 0.3 is 0 Å². The number of carbonyl (C=O) groups is 1. The highest BCUT2D eigenvalue weighted by Gasteiger charge is 1.96. The van der Waals surface area contributed by atoms with Crippen molar-refractivity contribution in [2.45, 2.75) is 0 Å². The highest BCUT2D eigenvalue weighted by atomic mass is 16.3. The number of primary amides is 1. The Kier molecular flexibility index (Phi) is 2.07. The van der Waals surface area contributed by atoms with E-state index >= 15 is 0 Å². The molecule has 0 atom stereocenters. The van der Waals surface area contributed by atoms with Gasteiger partial charge in [0.1, 0.15) is 5.58 Å². The molecule has 0 radical (unpaired) electrons. The summed E-state index contributed by atoms with van der Waals surface area (Å²) in [6.07, 6.45) is 4.64. The smallest absolute Gasteiger partial charge is 0.241 e. The van der Waals surface area contributed by atoms with Gasteiger partial charge in [0.15, 0.2) is 0 Å². The van der Waals surface area contributed by atoms with E-state index in [4.69, 9.17) is 10.2 Å². The molecule has 0 aliphatic heterocycles. The number of hydrogen-bond acceptors (Lipinski definition) is 2.